The standard InChI is InChI=1S/C35H47N3O5/c1-22(2)17-18-24(5)38(33(41)30(23(3)4)37-34(42)43-35(6,7)8)31(28-15-11-12-16-29(28)39)32(40)36-27-20-19-25-13-9-10-14-26(25)21-27/h9-16,19-24,30-31,39H,17-18H2,1-8H3,(H,36,40)(H,37,42). The number of nitrogens with one attached hydrogen (secondary N) is 2. The Bertz CT molecular complexity index is 1410. The van der Waals surface area contributed by atoms with Crippen LogP contribution in [0.5, 0.6) is 5.75 Å². The first-order valence-electron chi connectivity index (χ1n) is 15.1. The number of carbonyl (C=O) groups is 3. The molecule has 3 N–H and O–H groups in total. The molecule has 232 valence electrons. The van der Waals surface area contributed by atoms with E-state index in [1.807, 2.05) is 63.2 Å². The number of benzene rings is 3. The number of hydrogen-bond acceptors (Lipinski definition) is 5. The summed E-state index contributed by atoms with van der Waals surface area (Å²) in [5.41, 5.74) is 0.112. The first kappa shape index (κ1) is 33.4. The van der Waals surface area contributed by atoms with Crippen LogP contribution in [0.4, 0.5) is 10.5 Å². The summed E-state index contributed by atoms with van der Waals surface area (Å²) in [5, 5.41) is 18.7. The number of alkyl carbamates (subject to hydrolysis) is 1. The van der Waals surface area contributed by atoms with Crippen molar-refractivity contribution in [1.82, 2.24) is 10.2 Å². The molecule has 0 radical (unpaired) electrons. The second kappa shape index (κ2) is 14.4. The van der Waals surface area contributed by atoms with Crippen molar-refractivity contribution < 1.29 is 24.2 Å². The number of phenols is 1. The zero-order valence-corrected chi connectivity index (χ0v) is 26.7. The van der Waals surface area contributed by atoms with Gasteiger partial charge in [0, 0.05) is 17.3 Å². The fourth-order valence-electron chi connectivity index (χ4n) is 5.04. The van der Waals surface area contributed by atoms with E-state index in [2.05, 4.69) is 24.5 Å². The quantitative estimate of drug-likeness (QED) is 0.216. The molecule has 3 atom stereocenters. The van der Waals surface area contributed by atoms with Gasteiger partial charge in [-0.25, -0.2) is 4.79 Å². The van der Waals surface area contributed by atoms with E-state index in [0.29, 0.717) is 23.6 Å². The van der Waals surface area contributed by atoms with E-state index in [1.165, 1.54) is 11.0 Å². The van der Waals surface area contributed by atoms with Crippen LogP contribution in [0.3, 0.4) is 0 Å². The smallest absolute Gasteiger partial charge is 0.408 e. The highest BCUT2D eigenvalue weighted by atomic mass is 16.6. The molecule has 0 aromatic heterocycles. The molecule has 3 aromatic rings. The number of anilines is 1. The second-order valence-electron chi connectivity index (χ2n) is 12.9. The van der Waals surface area contributed by atoms with Gasteiger partial charge in [0.15, 0.2) is 0 Å². The van der Waals surface area contributed by atoms with Crippen molar-refractivity contribution in [3.8, 4) is 5.75 Å². The Labute approximate surface area is 255 Å². The molecule has 3 amide bonds. The van der Waals surface area contributed by atoms with Gasteiger partial charge >= 0.3 is 6.09 Å². The van der Waals surface area contributed by atoms with Gasteiger partial charge in [-0.1, -0.05) is 76.2 Å². The largest absolute Gasteiger partial charge is 0.508 e. The van der Waals surface area contributed by atoms with Gasteiger partial charge < -0.3 is 25.4 Å². The Balaban J connectivity index is 2.10. The Morgan fingerprint density at radius 2 is 1.49 bits per heavy atom. The molecule has 0 bridgehead atoms. The summed E-state index contributed by atoms with van der Waals surface area (Å²) >= 11 is 0. The molecule has 3 aromatic carbocycles. The molecular formula is C35H47N3O5. The normalized spacial score (nSPS) is 13.8. The van der Waals surface area contributed by atoms with Gasteiger partial charge in [0.2, 0.25) is 5.91 Å². The average molecular weight is 590 g/mol. The molecule has 0 aliphatic rings. The van der Waals surface area contributed by atoms with E-state index < -0.39 is 41.6 Å². The van der Waals surface area contributed by atoms with Crippen LogP contribution in [0.15, 0.2) is 66.7 Å². The minimum Gasteiger partial charge on any atom is -0.508 e. The molecule has 0 saturated heterocycles. The molecule has 0 heterocycles. The second-order valence-corrected chi connectivity index (χ2v) is 12.9. The maximum Gasteiger partial charge on any atom is 0.408 e. The summed E-state index contributed by atoms with van der Waals surface area (Å²) in [6.45, 7) is 15.0. The molecule has 0 aliphatic carbocycles. The fourth-order valence-corrected chi connectivity index (χ4v) is 5.04. The van der Waals surface area contributed by atoms with Gasteiger partial charge in [-0.2, -0.15) is 0 Å². The predicted octanol–water partition coefficient (Wildman–Crippen LogP) is 7.43. The van der Waals surface area contributed by atoms with Gasteiger partial charge in [-0.15, -0.1) is 0 Å². The average Bonchev–Trinajstić information content (AvgIpc) is 2.92. The molecular weight excluding hydrogens is 542 g/mol. The van der Waals surface area contributed by atoms with Crippen molar-refractivity contribution in [2.45, 2.75) is 92.0 Å². The summed E-state index contributed by atoms with van der Waals surface area (Å²) in [6, 6.07) is 17.5. The SMILES string of the molecule is CC(C)CCC(C)N(C(=O)C(NC(=O)OC(C)(C)C)C(C)C)C(C(=O)Nc1ccc2ccccc2c1)c1ccccc1O. The third-order valence-electron chi connectivity index (χ3n) is 7.27. The molecule has 0 saturated carbocycles. The minimum atomic E-state index is -1.18. The third-order valence-corrected chi connectivity index (χ3v) is 7.27. The van der Waals surface area contributed by atoms with E-state index in [9.17, 15) is 19.5 Å². The van der Waals surface area contributed by atoms with Gasteiger partial charge in [0.25, 0.3) is 5.91 Å². The molecule has 3 rings (SSSR count). The molecule has 3 unspecified atom stereocenters. The van der Waals surface area contributed by atoms with Gasteiger partial charge in [0.1, 0.15) is 23.4 Å². The summed E-state index contributed by atoms with van der Waals surface area (Å²) < 4.78 is 5.47. The Kier molecular flexibility index (Phi) is 11.2. The lowest BCUT2D eigenvalue weighted by molar-refractivity contribution is -0.144. The van der Waals surface area contributed by atoms with Crippen LogP contribution in [0.2, 0.25) is 0 Å². The first-order chi connectivity index (χ1) is 20.2. The molecule has 0 aliphatic heterocycles. The van der Waals surface area contributed by atoms with Crippen LogP contribution in [0, 0.1) is 11.8 Å². The van der Waals surface area contributed by atoms with Crippen LogP contribution in [0.25, 0.3) is 10.8 Å². The van der Waals surface area contributed by atoms with E-state index in [0.717, 1.165) is 17.2 Å². The third kappa shape index (κ3) is 9.21. The number of carbonyl (C=O) groups excluding carboxylic acids is 3. The van der Waals surface area contributed by atoms with Crippen molar-refractivity contribution in [3.63, 3.8) is 0 Å². The first-order valence-corrected chi connectivity index (χ1v) is 15.1. The number of amides is 3. The number of phenolic OH excluding ortho intramolecular Hbond substituents is 1. The summed E-state index contributed by atoms with van der Waals surface area (Å²) in [7, 11) is 0. The molecule has 8 heteroatoms. The van der Waals surface area contributed by atoms with E-state index in [1.54, 1.807) is 39.0 Å². The van der Waals surface area contributed by atoms with Crippen molar-refractivity contribution in [1.29, 1.82) is 0 Å². The van der Waals surface area contributed by atoms with Crippen molar-refractivity contribution in [2.24, 2.45) is 11.8 Å². The number of rotatable bonds is 11. The van der Waals surface area contributed by atoms with Gasteiger partial charge in [-0.05, 0) is 81.3 Å². The predicted molar refractivity (Wildman–Crippen MR) is 172 cm³/mol. The van der Waals surface area contributed by atoms with Crippen LogP contribution in [-0.2, 0) is 14.3 Å². The summed E-state index contributed by atoms with van der Waals surface area (Å²) in [4.78, 5) is 43.1. The number of nitrogens with zero attached hydrogens (tertiary/aromatic N) is 1. The fraction of sp³-hybridized carbons (Fsp3) is 0.457. The number of ether oxygens (including phenoxy) is 1. The van der Waals surface area contributed by atoms with Crippen LogP contribution in [0.1, 0.15) is 79.8 Å². The molecule has 0 fully saturated rings. The molecule has 8 nitrogen and oxygen atoms in total. The Morgan fingerprint density at radius 1 is 0.860 bits per heavy atom. The van der Waals surface area contributed by atoms with E-state index in [-0.39, 0.29) is 11.7 Å². The van der Waals surface area contributed by atoms with Gasteiger partial charge in [0.05, 0.1) is 0 Å². The Hall–Kier alpha value is -4.07. The molecule has 0 spiro atoms. The van der Waals surface area contributed by atoms with Crippen LogP contribution >= 0.6 is 0 Å². The minimum absolute atomic E-state index is 0.101. The van der Waals surface area contributed by atoms with Gasteiger partial charge in [-0.3, -0.25) is 9.59 Å². The van der Waals surface area contributed by atoms with Crippen molar-refractivity contribution >= 4 is 34.4 Å². The monoisotopic (exact) mass is 589 g/mol. The lowest BCUT2D eigenvalue weighted by Crippen LogP contribution is -2.56. The number of hydrogen-bond donors (Lipinski definition) is 3. The maximum absolute atomic E-state index is 14.5. The Morgan fingerprint density at radius 3 is 2.09 bits per heavy atom. The van der Waals surface area contributed by atoms with Crippen molar-refractivity contribution in [2.75, 3.05) is 5.32 Å². The number of aromatic hydroxyl groups is 1. The highest BCUT2D eigenvalue weighted by molar-refractivity contribution is 6.01. The highest BCUT2D eigenvalue weighted by Crippen LogP contribution is 2.34. The number of fused-ring (bicyclic) bond motifs is 1. The lowest BCUT2D eigenvalue weighted by Gasteiger charge is -2.39. The summed E-state index contributed by atoms with van der Waals surface area (Å²) in [5.74, 6) is -0.944. The summed E-state index contributed by atoms with van der Waals surface area (Å²) in [6.07, 6.45) is 0.721. The van der Waals surface area contributed by atoms with E-state index >= 15 is 0 Å². The zero-order chi connectivity index (χ0) is 31.9. The van der Waals surface area contributed by atoms with Crippen LogP contribution in [-0.4, -0.2) is 45.6 Å². The lowest BCUT2D eigenvalue weighted by atomic mass is 9.94. The topological polar surface area (TPSA) is 108 Å². The number of para-hydroxylation sites is 1. The zero-order valence-electron chi connectivity index (χ0n) is 26.7. The highest BCUT2D eigenvalue weighted by Gasteiger charge is 2.40. The van der Waals surface area contributed by atoms with Crippen LogP contribution < -0.4 is 10.6 Å². The maximum atomic E-state index is 14.5. The van der Waals surface area contributed by atoms with Crippen molar-refractivity contribution in [3.05, 3.63) is 72.3 Å². The van der Waals surface area contributed by atoms with E-state index in [4.69, 9.17) is 4.74 Å². The molecule has 43 heavy (non-hydrogen) atoms.